The van der Waals surface area contributed by atoms with Gasteiger partial charge in [0.15, 0.2) is 0 Å². The van der Waals surface area contributed by atoms with E-state index >= 15 is 0 Å². The Morgan fingerprint density at radius 3 is 2.28 bits per heavy atom. The fourth-order valence-corrected chi connectivity index (χ4v) is 2.75. The molecule has 2 rings (SSSR count). The van der Waals surface area contributed by atoms with E-state index in [1.807, 2.05) is 49.4 Å². The topological polar surface area (TPSA) is 49.4 Å². The third kappa shape index (κ3) is 5.33. The number of amides is 2. The van der Waals surface area contributed by atoms with Gasteiger partial charge < -0.3 is 10.2 Å². The molecule has 0 aliphatic rings. The van der Waals surface area contributed by atoms with Gasteiger partial charge in [-0.25, -0.2) is 0 Å². The van der Waals surface area contributed by atoms with Crippen LogP contribution in [0.1, 0.15) is 37.4 Å². The molecule has 1 N–H and O–H groups in total. The molecule has 0 unspecified atom stereocenters. The predicted molar refractivity (Wildman–Crippen MR) is 100 cm³/mol. The second kappa shape index (κ2) is 9.23. The van der Waals surface area contributed by atoms with Gasteiger partial charge in [-0.15, -0.1) is 0 Å². The molecule has 2 amide bonds. The quantitative estimate of drug-likeness (QED) is 0.814. The van der Waals surface area contributed by atoms with E-state index in [-0.39, 0.29) is 11.8 Å². The zero-order chi connectivity index (χ0) is 18.2. The molecule has 4 nitrogen and oxygen atoms in total. The molecular formula is C20H23ClN2O2. The van der Waals surface area contributed by atoms with Crippen molar-refractivity contribution in [2.45, 2.75) is 32.9 Å². The van der Waals surface area contributed by atoms with Gasteiger partial charge in [0.1, 0.15) is 6.04 Å². The van der Waals surface area contributed by atoms with Crippen molar-refractivity contribution in [3.05, 3.63) is 70.7 Å². The van der Waals surface area contributed by atoms with Crippen LogP contribution in [-0.2, 0) is 16.1 Å². The van der Waals surface area contributed by atoms with E-state index in [4.69, 9.17) is 11.6 Å². The van der Waals surface area contributed by atoms with Crippen molar-refractivity contribution in [1.29, 1.82) is 0 Å². The number of hydrogen-bond acceptors (Lipinski definition) is 2. The first-order chi connectivity index (χ1) is 12.0. The molecule has 0 saturated carbocycles. The van der Waals surface area contributed by atoms with Crippen LogP contribution in [0, 0.1) is 0 Å². The summed E-state index contributed by atoms with van der Waals surface area (Å²) in [6.07, 6.45) is 0.838. The lowest BCUT2D eigenvalue weighted by Gasteiger charge is -2.30. The maximum Gasteiger partial charge on any atom is 0.247 e. The lowest BCUT2D eigenvalue weighted by atomic mass is 10.0. The summed E-state index contributed by atoms with van der Waals surface area (Å²) >= 11 is 5.93. The second-order valence-electron chi connectivity index (χ2n) is 5.88. The standard InChI is InChI=1S/C20H23ClN2O2/c1-3-13-22-20(25)19(17-7-5-4-6-8-17)23(15(2)24)14-16-9-11-18(21)12-10-16/h4-12,19H,3,13-14H2,1-2H3,(H,22,25)/t19-/m1/s1. The molecule has 0 fully saturated rings. The van der Waals surface area contributed by atoms with Crippen molar-refractivity contribution < 1.29 is 9.59 Å². The smallest absolute Gasteiger partial charge is 0.247 e. The van der Waals surface area contributed by atoms with E-state index in [1.54, 1.807) is 17.0 Å². The van der Waals surface area contributed by atoms with Crippen molar-refractivity contribution in [1.82, 2.24) is 10.2 Å². The number of rotatable bonds is 7. The van der Waals surface area contributed by atoms with Gasteiger partial charge in [0.25, 0.3) is 0 Å². The minimum absolute atomic E-state index is 0.157. The van der Waals surface area contributed by atoms with Crippen molar-refractivity contribution in [3.63, 3.8) is 0 Å². The van der Waals surface area contributed by atoms with E-state index in [2.05, 4.69) is 5.32 Å². The second-order valence-corrected chi connectivity index (χ2v) is 6.31. The van der Waals surface area contributed by atoms with Crippen LogP contribution in [0.2, 0.25) is 5.02 Å². The number of nitrogens with zero attached hydrogens (tertiary/aromatic N) is 1. The molecule has 2 aromatic rings. The van der Waals surface area contributed by atoms with Gasteiger partial charge in [0, 0.05) is 25.0 Å². The Balaban J connectivity index is 2.34. The Morgan fingerprint density at radius 1 is 1.08 bits per heavy atom. The molecule has 0 aromatic heterocycles. The monoisotopic (exact) mass is 358 g/mol. The first kappa shape index (κ1) is 19.0. The van der Waals surface area contributed by atoms with Crippen LogP contribution in [0.25, 0.3) is 0 Å². The first-order valence-electron chi connectivity index (χ1n) is 8.37. The molecular weight excluding hydrogens is 336 g/mol. The molecule has 25 heavy (non-hydrogen) atoms. The van der Waals surface area contributed by atoms with Crippen molar-refractivity contribution in [2.24, 2.45) is 0 Å². The third-order valence-electron chi connectivity index (χ3n) is 3.90. The zero-order valence-electron chi connectivity index (χ0n) is 14.5. The number of carbonyl (C=O) groups excluding carboxylic acids is 2. The summed E-state index contributed by atoms with van der Waals surface area (Å²) < 4.78 is 0. The lowest BCUT2D eigenvalue weighted by molar-refractivity contribution is -0.140. The van der Waals surface area contributed by atoms with Gasteiger partial charge in [0.2, 0.25) is 11.8 Å². The van der Waals surface area contributed by atoms with Gasteiger partial charge in [-0.1, -0.05) is 61.0 Å². The average Bonchev–Trinajstić information content (AvgIpc) is 2.62. The minimum atomic E-state index is -0.666. The van der Waals surface area contributed by atoms with E-state index in [1.165, 1.54) is 6.92 Å². The molecule has 0 aliphatic heterocycles. The number of carbonyl (C=O) groups is 2. The maximum absolute atomic E-state index is 12.8. The largest absolute Gasteiger partial charge is 0.354 e. The molecule has 0 saturated heterocycles. The summed E-state index contributed by atoms with van der Waals surface area (Å²) in [4.78, 5) is 26.7. The van der Waals surface area contributed by atoms with Crippen LogP contribution in [0.5, 0.6) is 0 Å². The Kier molecular flexibility index (Phi) is 7.02. The summed E-state index contributed by atoms with van der Waals surface area (Å²) in [5.74, 6) is -0.326. The number of nitrogens with one attached hydrogen (secondary N) is 1. The Labute approximate surface area is 153 Å². The van der Waals surface area contributed by atoms with Crippen LogP contribution in [0.15, 0.2) is 54.6 Å². The minimum Gasteiger partial charge on any atom is -0.354 e. The van der Waals surface area contributed by atoms with E-state index in [9.17, 15) is 9.59 Å². The highest BCUT2D eigenvalue weighted by Gasteiger charge is 2.29. The molecule has 0 radical (unpaired) electrons. The summed E-state index contributed by atoms with van der Waals surface area (Å²) in [7, 11) is 0. The summed E-state index contributed by atoms with van der Waals surface area (Å²) in [5, 5.41) is 3.54. The zero-order valence-corrected chi connectivity index (χ0v) is 15.3. The van der Waals surface area contributed by atoms with E-state index in [0.29, 0.717) is 18.1 Å². The van der Waals surface area contributed by atoms with Crippen LogP contribution < -0.4 is 5.32 Å². The fraction of sp³-hybridized carbons (Fsp3) is 0.300. The summed E-state index contributed by atoms with van der Waals surface area (Å²) in [5.41, 5.74) is 1.71. The maximum atomic E-state index is 12.8. The van der Waals surface area contributed by atoms with Gasteiger partial charge in [0.05, 0.1) is 0 Å². The summed E-state index contributed by atoms with van der Waals surface area (Å²) in [6, 6.07) is 16.0. The van der Waals surface area contributed by atoms with E-state index in [0.717, 1.165) is 17.5 Å². The molecule has 0 aliphatic carbocycles. The number of benzene rings is 2. The van der Waals surface area contributed by atoms with Crippen LogP contribution in [0.4, 0.5) is 0 Å². The molecule has 2 aromatic carbocycles. The van der Waals surface area contributed by atoms with Crippen LogP contribution in [0.3, 0.4) is 0 Å². The van der Waals surface area contributed by atoms with E-state index < -0.39 is 6.04 Å². The number of halogens is 1. The molecule has 0 heterocycles. The highest BCUT2D eigenvalue weighted by Crippen LogP contribution is 2.24. The fourth-order valence-electron chi connectivity index (χ4n) is 2.62. The normalized spacial score (nSPS) is 11.6. The lowest BCUT2D eigenvalue weighted by Crippen LogP contribution is -2.42. The van der Waals surface area contributed by atoms with Crippen LogP contribution >= 0.6 is 11.6 Å². The van der Waals surface area contributed by atoms with Crippen molar-refractivity contribution in [3.8, 4) is 0 Å². The molecule has 0 bridgehead atoms. The Bertz CT molecular complexity index is 701. The number of hydrogen-bond donors (Lipinski definition) is 1. The summed E-state index contributed by atoms with van der Waals surface area (Å²) in [6.45, 7) is 4.40. The third-order valence-corrected chi connectivity index (χ3v) is 4.15. The van der Waals surface area contributed by atoms with Crippen molar-refractivity contribution >= 4 is 23.4 Å². The Morgan fingerprint density at radius 2 is 1.72 bits per heavy atom. The van der Waals surface area contributed by atoms with Crippen LogP contribution in [-0.4, -0.2) is 23.3 Å². The molecule has 0 spiro atoms. The SMILES string of the molecule is CCCNC(=O)[C@@H](c1ccccc1)N(Cc1ccc(Cl)cc1)C(C)=O. The molecule has 5 heteroatoms. The highest BCUT2D eigenvalue weighted by atomic mass is 35.5. The highest BCUT2D eigenvalue weighted by molar-refractivity contribution is 6.30. The van der Waals surface area contributed by atoms with Gasteiger partial charge in [-0.05, 0) is 29.7 Å². The predicted octanol–water partition coefficient (Wildman–Crippen LogP) is 3.96. The average molecular weight is 359 g/mol. The molecule has 1 atom stereocenters. The van der Waals surface area contributed by atoms with Crippen molar-refractivity contribution in [2.75, 3.05) is 6.54 Å². The van der Waals surface area contributed by atoms with Gasteiger partial charge in [-0.2, -0.15) is 0 Å². The Hall–Kier alpha value is -2.33. The van der Waals surface area contributed by atoms with Gasteiger partial charge in [-0.3, -0.25) is 9.59 Å². The van der Waals surface area contributed by atoms with Gasteiger partial charge >= 0.3 is 0 Å². The first-order valence-corrected chi connectivity index (χ1v) is 8.75. The molecule has 132 valence electrons.